The minimum atomic E-state index is -0.516. The number of nitrogens with one attached hydrogen (secondary N) is 2. The van der Waals surface area contributed by atoms with Crippen molar-refractivity contribution in [2.75, 3.05) is 26.7 Å². The van der Waals surface area contributed by atoms with Gasteiger partial charge in [0.2, 0.25) is 5.91 Å². The van der Waals surface area contributed by atoms with Crippen molar-refractivity contribution in [2.45, 2.75) is 44.6 Å². The van der Waals surface area contributed by atoms with E-state index in [0.717, 1.165) is 37.1 Å². The number of halogens is 1. The van der Waals surface area contributed by atoms with E-state index in [1.807, 2.05) is 30.3 Å². The number of carbonyl (C=O) groups is 2. The predicted octanol–water partition coefficient (Wildman–Crippen LogP) is 3.50. The van der Waals surface area contributed by atoms with Gasteiger partial charge >= 0.3 is 0 Å². The minimum Gasteiger partial charge on any atom is -0.355 e. The number of carbonyl (C=O) groups excluding carboxylic acids is 2. The van der Waals surface area contributed by atoms with E-state index < -0.39 is 11.7 Å². The Morgan fingerprint density at radius 3 is 2.45 bits per heavy atom. The van der Waals surface area contributed by atoms with E-state index >= 15 is 0 Å². The van der Waals surface area contributed by atoms with Gasteiger partial charge in [0, 0.05) is 26.1 Å². The SMILES string of the molecule is CNC(=O)c1ccc(C[C@@H](CNC(=O)C[C@H](C)c2ccccc2)N2CCCC2)cc1F. The fraction of sp³-hybridized carbons (Fsp3) is 0.440. The Hall–Kier alpha value is -2.73. The van der Waals surface area contributed by atoms with Crippen molar-refractivity contribution in [2.24, 2.45) is 0 Å². The van der Waals surface area contributed by atoms with Crippen LogP contribution in [0, 0.1) is 5.82 Å². The zero-order chi connectivity index (χ0) is 22.2. The van der Waals surface area contributed by atoms with E-state index in [9.17, 15) is 14.0 Å². The summed E-state index contributed by atoms with van der Waals surface area (Å²) in [5.41, 5.74) is 2.03. The number of hydrogen-bond donors (Lipinski definition) is 2. The lowest BCUT2D eigenvalue weighted by Crippen LogP contribution is -2.44. The van der Waals surface area contributed by atoms with E-state index in [1.165, 1.54) is 19.2 Å². The summed E-state index contributed by atoms with van der Waals surface area (Å²) >= 11 is 0. The molecule has 2 amide bonds. The summed E-state index contributed by atoms with van der Waals surface area (Å²) in [7, 11) is 1.49. The molecule has 5 nitrogen and oxygen atoms in total. The van der Waals surface area contributed by atoms with Crippen molar-refractivity contribution >= 4 is 11.8 Å². The summed E-state index contributed by atoms with van der Waals surface area (Å²) in [5, 5.41) is 5.55. The van der Waals surface area contributed by atoms with Gasteiger partial charge in [-0.15, -0.1) is 0 Å². The first-order valence-corrected chi connectivity index (χ1v) is 11.0. The number of amides is 2. The molecule has 0 spiro atoms. The molecule has 1 heterocycles. The Labute approximate surface area is 184 Å². The molecule has 2 atom stereocenters. The maximum absolute atomic E-state index is 14.4. The van der Waals surface area contributed by atoms with Crippen LogP contribution in [0.25, 0.3) is 0 Å². The highest BCUT2D eigenvalue weighted by Crippen LogP contribution is 2.20. The molecule has 3 rings (SSSR count). The first-order chi connectivity index (χ1) is 15.0. The Kier molecular flexibility index (Phi) is 8.18. The van der Waals surface area contributed by atoms with Crippen molar-refractivity contribution in [3.05, 3.63) is 71.0 Å². The lowest BCUT2D eigenvalue weighted by atomic mass is 9.97. The molecule has 2 aromatic rings. The number of nitrogens with zero attached hydrogens (tertiary/aromatic N) is 1. The Balaban J connectivity index is 1.61. The largest absolute Gasteiger partial charge is 0.355 e. The third kappa shape index (κ3) is 6.37. The van der Waals surface area contributed by atoms with E-state index in [-0.39, 0.29) is 23.4 Å². The molecule has 6 heteroatoms. The summed E-state index contributed by atoms with van der Waals surface area (Å²) in [5.74, 6) is -0.767. The number of benzene rings is 2. The molecule has 1 fully saturated rings. The first kappa shape index (κ1) is 22.9. The van der Waals surface area contributed by atoms with Gasteiger partial charge in [-0.3, -0.25) is 14.5 Å². The average Bonchev–Trinajstić information content (AvgIpc) is 3.31. The molecule has 0 aromatic heterocycles. The molecule has 166 valence electrons. The molecule has 0 aliphatic carbocycles. The normalized spacial score (nSPS) is 16.0. The molecule has 2 aromatic carbocycles. The fourth-order valence-electron chi connectivity index (χ4n) is 4.19. The molecule has 2 N–H and O–H groups in total. The molecule has 0 unspecified atom stereocenters. The predicted molar refractivity (Wildman–Crippen MR) is 121 cm³/mol. The summed E-state index contributed by atoms with van der Waals surface area (Å²) in [6.07, 6.45) is 3.34. The van der Waals surface area contributed by atoms with Gasteiger partial charge in [-0.25, -0.2) is 4.39 Å². The van der Waals surface area contributed by atoms with Gasteiger partial charge < -0.3 is 10.6 Å². The molecule has 0 bridgehead atoms. The van der Waals surface area contributed by atoms with Gasteiger partial charge in [0.05, 0.1) is 5.56 Å². The maximum atomic E-state index is 14.4. The van der Waals surface area contributed by atoms with Crippen molar-refractivity contribution in [3.8, 4) is 0 Å². The van der Waals surface area contributed by atoms with E-state index in [1.54, 1.807) is 6.07 Å². The quantitative estimate of drug-likeness (QED) is 0.646. The van der Waals surface area contributed by atoms with Gasteiger partial charge in [0.25, 0.3) is 5.91 Å². The van der Waals surface area contributed by atoms with Crippen LogP contribution in [0.1, 0.15) is 53.6 Å². The molecular weight excluding hydrogens is 393 g/mol. The molecular formula is C25H32FN3O2. The van der Waals surface area contributed by atoms with Crippen molar-refractivity contribution < 1.29 is 14.0 Å². The zero-order valence-electron chi connectivity index (χ0n) is 18.4. The van der Waals surface area contributed by atoms with Crippen LogP contribution in [0.4, 0.5) is 4.39 Å². The van der Waals surface area contributed by atoms with Gasteiger partial charge in [0.15, 0.2) is 0 Å². The van der Waals surface area contributed by atoms with Crippen molar-refractivity contribution in [3.63, 3.8) is 0 Å². The van der Waals surface area contributed by atoms with Crippen molar-refractivity contribution in [1.29, 1.82) is 0 Å². The maximum Gasteiger partial charge on any atom is 0.253 e. The first-order valence-electron chi connectivity index (χ1n) is 11.0. The highest BCUT2D eigenvalue weighted by Gasteiger charge is 2.24. The number of hydrogen-bond acceptors (Lipinski definition) is 3. The number of rotatable bonds is 9. The Morgan fingerprint density at radius 1 is 1.10 bits per heavy atom. The second-order valence-corrected chi connectivity index (χ2v) is 8.31. The van der Waals surface area contributed by atoms with E-state index in [2.05, 4.69) is 22.5 Å². The third-order valence-corrected chi connectivity index (χ3v) is 6.03. The highest BCUT2D eigenvalue weighted by atomic mass is 19.1. The topological polar surface area (TPSA) is 61.4 Å². The second-order valence-electron chi connectivity index (χ2n) is 8.31. The third-order valence-electron chi connectivity index (χ3n) is 6.03. The van der Waals surface area contributed by atoms with Crippen LogP contribution in [0.5, 0.6) is 0 Å². The molecule has 1 aliphatic rings. The average molecular weight is 426 g/mol. The van der Waals surface area contributed by atoms with Crippen molar-refractivity contribution in [1.82, 2.24) is 15.5 Å². The van der Waals surface area contributed by atoms with Gasteiger partial charge in [-0.2, -0.15) is 0 Å². The lowest BCUT2D eigenvalue weighted by Gasteiger charge is -2.28. The summed E-state index contributed by atoms with van der Waals surface area (Å²) in [4.78, 5) is 26.7. The molecule has 1 aliphatic heterocycles. The van der Waals surface area contributed by atoms with Gasteiger partial charge in [-0.05, 0) is 61.5 Å². The van der Waals surface area contributed by atoms with Crippen LogP contribution in [-0.2, 0) is 11.2 Å². The van der Waals surface area contributed by atoms with Gasteiger partial charge in [-0.1, -0.05) is 43.3 Å². The van der Waals surface area contributed by atoms with Crippen LogP contribution in [0.15, 0.2) is 48.5 Å². The highest BCUT2D eigenvalue weighted by molar-refractivity contribution is 5.94. The monoisotopic (exact) mass is 425 g/mol. The summed E-state index contributed by atoms with van der Waals surface area (Å²) in [6.45, 7) is 4.56. The smallest absolute Gasteiger partial charge is 0.253 e. The van der Waals surface area contributed by atoms with E-state index in [4.69, 9.17) is 0 Å². The van der Waals surface area contributed by atoms with E-state index in [0.29, 0.717) is 19.4 Å². The molecule has 31 heavy (non-hydrogen) atoms. The Bertz CT molecular complexity index is 882. The van der Waals surface area contributed by atoms with Crippen LogP contribution in [-0.4, -0.2) is 49.4 Å². The van der Waals surface area contributed by atoms with Crippen LogP contribution < -0.4 is 10.6 Å². The van der Waals surface area contributed by atoms with Crippen LogP contribution in [0.3, 0.4) is 0 Å². The second kappa shape index (κ2) is 11.0. The molecule has 0 saturated carbocycles. The van der Waals surface area contributed by atoms with Gasteiger partial charge in [0.1, 0.15) is 5.82 Å². The summed E-state index contributed by atoms with van der Waals surface area (Å²) in [6, 6.07) is 14.9. The van der Waals surface area contributed by atoms with Crippen LogP contribution >= 0.6 is 0 Å². The number of likely N-dealkylation sites (tertiary alicyclic amines) is 1. The molecule has 1 saturated heterocycles. The van der Waals surface area contributed by atoms with Crippen LogP contribution in [0.2, 0.25) is 0 Å². The Morgan fingerprint density at radius 2 is 1.81 bits per heavy atom. The minimum absolute atomic E-state index is 0.0293. The fourth-order valence-corrected chi connectivity index (χ4v) is 4.19. The standard InChI is InChI=1S/C25H32FN3O2/c1-18(20-8-4-3-5-9-20)14-24(30)28-17-21(29-12-6-7-13-29)15-19-10-11-22(23(26)16-19)25(31)27-2/h3-5,8-11,16,18,21H,6-7,12-15,17H2,1-2H3,(H,27,31)(H,28,30)/t18-,21-/m0/s1. The lowest BCUT2D eigenvalue weighted by molar-refractivity contribution is -0.121. The zero-order valence-corrected chi connectivity index (χ0v) is 18.4. The summed E-state index contributed by atoms with van der Waals surface area (Å²) < 4.78 is 14.4. The molecule has 0 radical (unpaired) electrons.